The van der Waals surface area contributed by atoms with Crippen molar-refractivity contribution in [3.63, 3.8) is 0 Å². The summed E-state index contributed by atoms with van der Waals surface area (Å²) in [5, 5.41) is 5.79. The van der Waals surface area contributed by atoms with Crippen LogP contribution in [0.15, 0.2) is 18.3 Å². The van der Waals surface area contributed by atoms with Crippen molar-refractivity contribution in [2.75, 3.05) is 83.5 Å². The van der Waals surface area contributed by atoms with Crippen molar-refractivity contribution in [2.24, 2.45) is 0 Å². The van der Waals surface area contributed by atoms with Gasteiger partial charge in [-0.3, -0.25) is 9.69 Å². The first kappa shape index (κ1) is 29.3. The number of benzene rings is 1. The maximum Gasteiger partial charge on any atom is 0.418 e. The van der Waals surface area contributed by atoms with Crippen molar-refractivity contribution in [3.05, 3.63) is 29.5 Å². The Labute approximate surface area is 245 Å². The predicted molar refractivity (Wildman–Crippen MR) is 151 cm³/mol. The number of aromatic nitrogens is 3. The van der Waals surface area contributed by atoms with Gasteiger partial charge in [-0.25, -0.2) is 0 Å². The van der Waals surface area contributed by atoms with Gasteiger partial charge >= 0.3 is 6.18 Å². The summed E-state index contributed by atoms with van der Waals surface area (Å²) in [7, 11) is 1.49. The Morgan fingerprint density at radius 2 is 1.81 bits per heavy atom. The number of piperidine rings is 1. The Morgan fingerprint density at radius 1 is 1.07 bits per heavy atom. The zero-order valence-electron chi connectivity index (χ0n) is 23.8. The first-order valence-electron chi connectivity index (χ1n) is 14.3. The number of nitrogens with zero attached hydrogens (tertiary/aromatic N) is 4. The topological polar surface area (TPSA) is 126 Å². The highest BCUT2D eigenvalue weighted by Crippen LogP contribution is 2.43. The Morgan fingerprint density at radius 3 is 2.53 bits per heavy atom. The van der Waals surface area contributed by atoms with Crippen LogP contribution < -0.4 is 20.1 Å². The van der Waals surface area contributed by atoms with Crippen molar-refractivity contribution in [1.29, 1.82) is 0 Å². The molecule has 0 atom stereocenters. The second kappa shape index (κ2) is 12.4. The van der Waals surface area contributed by atoms with Gasteiger partial charge in [-0.05, 0) is 25.0 Å². The number of morpholine rings is 1. The van der Waals surface area contributed by atoms with Crippen LogP contribution in [0.1, 0.15) is 28.8 Å². The maximum atomic E-state index is 13.7. The minimum atomic E-state index is -4.60. The number of anilines is 3. The highest BCUT2D eigenvalue weighted by molar-refractivity contribution is 5.99. The lowest BCUT2D eigenvalue weighted by Crippen LogP contribution is -2.50. The maximum absolute atomic E-state index is 13.7. The third-order valence-electron chi connectivity index (χ3n) is 7.91. The Kier molecular flexibility index (Phi) is 8.45. The molecule has 0 spiro atoms. The molecule has 0 saturated carbocycles. The minimum absolute atomic E-state index is 0.00283. The molecule has 6 rings (SSSR count). The van der Waals surface area contributed by atoms with Crippen LogP contribution in [0.25, 0.3) is 11.0 Å². The first-order valence-corrected chi connectivity index (χ1v) is 14.3. The third kappa shape index (κ3) is 6.15. The molecule has 1 aromatic carbocycles. The molecule has 1 amide bonds. The lowest BCUT2D eigenvalue weighted by Gasteiger charge is -2.40. The van der Waals surface area contributed by atoms with E-state index in [4.69, 9.17) is 18.9 Å². The zero-order chi connectivity index (χ0) is 30.0. The number of alkyl halides is 3. The smallest absolute Gasteiger partial charge is 0.418 e. The molecule has 2 aromatic heterocycles. The van der Waals surface area contributed by atoms with Crippen molar-refractivity contribution in [1.82, 2.24) is 24.8 Å². The van der Waals surface area contributed by atoms with E-state index < -0.39 is 11.7 Å². The van der Waals surface area contributed by atoms with Crippen LogP contribution in [0.4, 0.5) is 30.6 Å². The molecule has 15 heteroatoms. The number of likely N-dealkylation sites (tertiary alicyclic amines) is 1. The number of methoxy groups -OCH3 is 1. The average molecular weight is 606 g/mol. The van der Waals surface area contributed by atoms with Crippen molar-refractivity contribution >= 4 is 34.4 Å². The van der Waals surface area contributed by atoms with Crippen LogP contribution >= 0.6 is 0 Å². The van der Waals surface area contributed by atoms with Crippen molar-refractivity contribution < 1.29 is 36.9 Å². The van der Waals surface area contributed by atoms with E-state index in [-0.39, 0.29) is 55.1 Å². The summed E-state index contributed by atoms with van der Waals surface area (Å²) < 4.78 is 63.4. The monoisotopic (exact) mass is 605 g/mol. The van der Waals surface area contributed by atoms with Gasteiger partial charge in [-0.2, -0.15) is 23.1 Å². The summed E-state index contributed by atoms with van der Waals surface area (Å²) in [6, 6.07) is 3.77. The lowest BCUT2D eigenvalue weighted by molar-refractivity contribution is -0.136. The number of aromatic amines is 1. The van der Waals surface area contributed by atoms with Gasteiger partial charge in [0.15, 0.2) is 11.5 Å². The van der Waals surface area contributed by atoms with Crippen LogP contribution in [-0.2, 0) is 15.7 Å². The Hall–Kier alpha value is -3.82. The van der Waals surface area contributed by atoms with Crippen LogP contribution in [-0.4, -0.2) is 110 Å². The van der Waals surface area contributed by atoms with Gasteiger partial charge in [-0.15, -0.1) is 0 Å². The Bertz CT molecular complexity index is 1450. The molecule has 3 aromatic rings. The largest absolute Gasteiger partial charge is 0.485 e. The number of fused-ring (bicyclic) bond motifs is 2. The molecular weight excluding hydrogens is 571 g/mol. The van der Waals surface area contributed by atoms with Crippen molar-refractivity contribution in [2.45, 2.75) is 25.1 Å². The van der Waals surface area contributed by atoms with Gasteiger partial charge in [0.1, 0.15) is 24.7 Å². The number of amides is 1. The van der Waals surface area contributed by atoms with Crippen LogP contribution in [0.5, 0.6) is 11.5 Å². The van der Waals surface area contributed by atoms with Gasteiger partial charge in [0.05, 0.1) is 42.0 Å². The fourth-order valence-electron chi connectivity index (χ4n) is 5.78. The molecule has 0 bridgehead atoms. The molecular formula is C28H34F3N7O5. The highest BCUT2D eigenvalue weighted by atomic mass is 19.4. The molecule has 2 fully saturated rings. The third-order valence-corrected chi connectivity index (χ3v) is 7.91. The van der Waals surface area contributed by atoms with Gasteiger partial charge in [0.2, 0.25) is 5.95 Å². The molecule has 3 aliphatic heterocycles. The quantitative estimate of drug-likeness (QED) is 0.329. The first-order chi connectivity index (χ1) is 20.8. The van der Waals surface area contributed by atoms with E-state index in [0.717, 1.165) is 45.3 Å². The van der Waals surface area contributed by atoms with Crippen LogP contribution in [0.3, 0.4) is 0 Å². The summed E-state index contributed by atoms with van der Waals surface area (Å²) in [6.07, 6.45) is -1.95. The predicted octanol–water partition coefficient (Wildman–Crippen LogP) is 3.49. The second-order valence-electron chi connectivity index (χ2n) is 10.6. The number of carbonyl (C=O) groups is 1. The number of hydrogen-bond acceptors (Lipinski definition) is 10. The zero-order valence-corrected chi connectivity index (χ0v) is 23.8. The van der Waals surface area contributed by atoms with E-state index in [9.17, 15) is 18.0 Å². The van der Waals surface area contributed by atoms with Gasteiger partial charge in [-0.1, -0.05) is 0 Å². The SMILES string of the molecule is COCCNc1nc(Nc2ccc(C(=O)N3CCC(N4CCOCC4)CC3)c3c2OCCO3)nc2[nH]cc(C(F)(F)F)c12. The number of ether oxygens (including phenoxy) is 4. The number of rotatable bonds is 8. The molecule has 12 nitrogen and oxygen atoms in total. The molecule has 43 heavy (non-hydrogen) atoms. The average Bonchev–Trinajstić information content (AvgIpc) is 3.47. The fourth-order valence-corrected chi connectivity index (χ4v) is 5.78. The minimum Gasteiger partial charge on any atom is -0.485 e. The van der Waals surface area contributed by atoms with Gasteiger partial charge < -0.3 is 39.5 Å². The standard InChI is InChI=1S/C28H34F3N7O5/c1-40-11-6-32-24-21-19(28(29,30)31)16-33-25(21)36-27(35-24)34-20-3-2-18(22-23(20)43-15-14-42-22)26(39)38-7-4-17(5-8-38)37-9-12-41-13-10-37/h2-3,16-17H,4-15H2,1H3,(H3,32,33,34,35,36). The number of nitrogens with one attached hydrogen (secondary N) is 3. The molecule has 3 N–H and O–H groups in total. The molecule has 0 unspecified atom stereocenters. The van der Waals surface area contributed by atoms with Crippen molar-refractivity contribution in [3.8, 4) is 11.5 Å². The van der Waals surface area contributed by atoms with Gasteiger partial charge in [0, 0.05) is 52.1 Å². The summed E-state index contributed by atoms with van der Waals surface area (Å²) >= 11 is 0. The summed E-state index contributed by atoms with van der Waals surface area (Å²) in [5.41, 5.74) is -0.0624. The fraction of sp³-hybridized carbons (Fsp3) is 0.536. The van der Waals surface area contributed by atoms with E-state index in [0.29, 0.717) is 41.9 Å². The number of carbonyl (C=O) groups excluding carboxylic acids is 1. The summed E-state index contributed by atoms with van der Waals surface area (Å²) in [4.78, 5) is 29.1. The molecule has 3 aliphatic rings. The molecule has 2 saturated heterocycles. The van der Waals surface area contributed by atoms with Gasteiger partial charge in [0.25, 0.3) is 5.91 Å². The van der Waals surface area contributed by atoms with E-state index in [1.807, 2.05) is 4.90 Å². The highest BCUT2D eigenvalue weighted by Gasteiger charge is 2.36. The van der Waals surface area contributed by atoms with E-state index in [1.54, 1.807) is 12.1 Å². The van der Waals surface area contributed by atoms with E-state index in [1.165, 1.54) is 7.11 Å². The van der Waals surface area contributed by atoms with E-state index >= 15 is 0 Å². The molecule has 0 aliphatic carbocycles. The summed E-state index contributed by atoms with van der Waals surface area (Å²) in [5.74, 6) is 0.526. The normalized spacial score (nSPS) is 18.2. The number of halogens is 3. The molecule has 5 heterocycles. The van der Waals surface area contributed by atoms with Crippen LogP contribution in [0, 0.1) is 0 Å². The molecule has 0 radical (unpaired) electrons. The molecule has 232 valence electrons. The van der Waals surface area contributed by atoms with Crippen LogP contribution in [0.2, 0.25) is 0 Å². The number of hydrogen-bond donors (Lipinski definition) is 3. The Balaban J connectivity index is 1.24. The number of H-pyrrole nitrogens is 1. The lowest BCUT2D eigenvalue weighted by atomic mass is 10.0. The van der Waals surface area contributed by atoms with E-state index in [2.05, 4.69) is 30.5 Å². The second-order valence-corrected chi connectivity index (χ2v) is 10.6. The summed E-state index contributed by atoms with van der Waals surface area (Å²) in [6.45, 7) is 5.63.